The van der Waals surface area contributed by atoms with Crippen molar-refractivity contribution < 1.29 is 0 Å². The van der Waals surface area contributed by atoms with Gasteiger partial charge in [0.2, 0.25) is 0 Å². The number of nitrogens with zero attached hydrogens (tertiary/aromatic N) is 2. The summed E-state index contributed by atoms with van der Waals surface area (Å²) in [7, 11) is 0. The van der Waals surface area contributed by atoms with Gasteiger partial charge < -0.3 is 0 Å². The Labute approximate surface area is 124 Å². The summed E-state index contributed by atoms with van der Waals surface area (Å²) in [4.78, 5) is 8.71. The molecule has 2 aromatic carbocycles. The fraction of sp³-hybridized carbons (Fsp3) is 0.176. The molecule has 4 nitrogen and oxygen atoms in total. The molecule has 1 atom stereocenters. The molecule has 0 aliphatic rings. The summed E-state index contributed by atoms with van der Waals surface area (Å²) in [6, 6.07) is 14.6. The van der Waals surface area contributed by atoms with Crippen molar-refractivity contribution >= 4 is 10.8 Å². The normalized spacial score (nSPS) is 12.5. The van der Waals surface area contributed by atoms with Crippen molar-refractivity contribution in [1.29, 1.82) is 0 Å². The van der Waals surface area contributed by atoms with Crippen molar-refractivity contribution in [1.82, 2.24) is 15.4 Å². The molecule has 0 spiro atoms. The predicted octanol–water partition coefficient (Wildman–Crippen LogP) is 2.69. The van der Waals surface area contributed by atoms with Gasteiger partial charge in [0.05, 0.1) is 23.6 Å². The summed E-state index contributed by atoms with van der Waals surface area (Å²) in [5.41, 5.74) is 5.86. The maximum Gasteiger partial charge on any atom is 0.0773 e. The minimum absolute atomic E-state index is 0.0519. The van der Waals surface area contributed by atoms with Gasteiger partial charge in [0, 0.05) is 6.20 Å². The number of hydrogen-bond acceptors (Lipinski definition) is 4. The number of rotatable bonds is 4. The van der Waals surface area contributed by atoms with Crippen LogP contribution in [0.2, 0.25) is 0 Å². The Morgan fingerprint density at radius 2 is 1.86 bits per heavy atom. The molecule has 0 bridgehead atoms. The lowest BCUT2D eigenvalue weighted by Crippen LogP contribution is -2.30. The smallest absolute Gasteiger partial charge is 0.0773 e. The molecule has 4 heteroatoms. The van der Waals surface area contributed by atoms with Crippen LogP contribution in [-0.4, -0.2) is 9.97 Å². The maximum absolute atomic E-state index is 5.72. The molecule has 3 rings (SSSR count). The molecule has 21 heavy (non-hydrogen) atoms. The molecule has 0 amide bonds. The maximum atomic E-state index is 5.72. The fourth-order valence-corrected chi connectivity index (χ4v) is 2.52. The lowest BCUT2D eigenvalue weighted by atomic mass is 9.98. The van der Waals surface area contributed by atoms with Gasteiger partial charge >= 0.3 is 0 Å². The highest BCUT2D eigenvalue weighted by Crippen LogP contribution is 2.23. The molecular formula is C17H18N4. The molecule has 3 aromatic rings. The number of aromatic nitrogens is 2. The van der Waals surface area contributed by atoms with E-state index < -0.39 is 0 Å². The van der Waals surface area contributed by atoms with Crippen molar-refractivity contribution in [2.45, 2.75) is 19.4 Å². The van der Waals surface area contributed by atoms with E-state index >= 15 is 0 Å². The van der Waals surface area contributed by atoms with E-state index in [1.165, 1.54) is 16.3 Å². The number of hydrogen-bond donors (Lipinski definition) is 2. The summed E-state index contributed by atoms with van der Waals surface area (Å²) < 4.78 is 0. The first-order valence-electron chi connectivity index (χ1n) is 6.99. The first kappa shape index (κ1) is 13.7. The fourth-order valence-electron chi connectivity index (χ4n) is 2.52. The highest BCUT2D eigenvalue weighted by molar-refractivity contribution is 5.85. The van der Waals surface area contributed by atoms with Gasteiger partial charge in [-0.15, -0.1) is 0 Å². The zero-order chi connectivity index (χ0) is 14.7. The molecule has 0 aliphatic carbocycles. The molecular weight excluding hydrogens is 260 g/mol. The van der Waals surface area contributed by atoms with Crippen LogP contribution in [0.5, 0.6) is 0 Å². The number of fused-ring (bicyclic) bond motifs is 1. The van der Waals surface area contributed by atoms with Gasteiger partial charge in [-0.2, -0.15) is 0 Å². The molecule has 0 aliphatic heterocycles. The second-order valence-electron chi connectivity index (χ2n) is 5.14. The Morgan fingerprint density at radius 1 is 1.05 bits per heavy atom. The van der Waals surface area contributed by atoms with Gasteiger partial charge in [-0.25, -0.2) is 0 Å². The first-order chi connectivity index (χ1) is 10.3. The van der Waals surface area contributed by atoms with Gasteiger partial charge in [0.1, 0.15) is 0 Å². The molecule has 1 aromatic heterocycles. The van der Waals surface area contributed by atoms with Crippen LogP contribution in [0, 0.1) is 6.92 Å². The van der Waals surface area contributed by atoms with Crippen LogP contribution in [0.1, 0.15) is 23.0 Å². The van der Waals surface area contributed by atoms with Gasteiger partial charge in [0.15, 0.2) is 0 Å². The molecule has 0 saturated heterocycles. The SMILES string of the molecule is Cc1cnc(C(Cc2cccc3ccccc23)NN)cn1. The highest BCUT2D eigenvalue weighted by atomic mass is 15.2. The second kappa shape index (κ2) is 5.99. The van der Waals surface area contributed by atoms with E-state index in [1.54, 1.807) is 12.4 Å². The van der Waals surface area contributed by atoms with E-state index in [9.17, 15) is 0 Å². The topological polar surface area (TPSA) is 63.8 Å². The third-order valence-electron chi connectivity index (χ3n) is 3.66. The number of aryl methyl sites for hydroxylation is 1. The summed E-state index contributed by atoms with van der Waals surface area (Å²) in [5.74, 6) is 5.72. The van der Waals surface area contributed by atoms with Crippen LogP contribution < -0.4 is 11.3 Å². The van der Waals surface area contributed by atoms with Crippen LogP contribution in [0.15, 0.2) is 54.9 Å². The van der Waals surface area contributed by atoms with Crippen molar-refractivity contribution in [2.24, 2.45) is 5.84 Å². The van der Waals surface area contributed by atoms with E-state index in [2.05, 4.69) is 57.9 Å². The molecule has 1 heterocycles. The average molecular weight is 278 g/mol. The van der Waals surface area contributed by atoms with E-state index in [4.69, 9.17) is 5.84 Å². The summed E-state index contributed by atoms with van der Waals surface area (Å²) in [6.45, 7) is 1.92. The molecule has 0 radical (unpaired) electrons. The summed E-state index contributed by atoms with van der Waals surface area (Å²) in [5, 5.41) is 2.49. The highest BCUT2D eigenvalue weighted by Gasteiger charge is 2.13. The van der Waals surface area contributed by atoms with Gasteiger partial charge in [-0.1, -0.05) is 42.5 Å². The Hall–Kier alpha value is -2.30. The summed E-state index contributed by atoms with van der Waals surface area (Å²) >= 11 is 0. The molecule has 1 unspecified atom stereocenters. The van der Waals surface area contributed by atoms with Crippen molar-refractivity contribution in [3.8, 4) is 0 Å². The average Bonchev–Trinajstić information content (AvgIpc) is 2.54. The van der Waals surface area contributed by atoms with Gasteiger partial charge in [-0.05, 0) is 29.7 Å². The molecule has 0 fully saturated rings. The predicted molar refractivity (Wildman–Crippen MR) is 84.5 cm³/mol. The lowest BCUT2D eigenvalue weighted by molar-refractivity contribution is 0.537. The van der Waals surface area contributed by atoms with Crippen LogP contribution in [0.4, 0.5) is 0 Å². The number of nitrogens with one attached hydrogen (secondary N) is 1. The third kappa shape index (κ3) is 2.91. The number of hydrazine groups is 1. The van der Waals surface area contributed by atoms with E-state index in [-0.39, 0.29) is 6.04 Å². The Kier molecular flexibility index (Phi) is 3.90. The van der Waals surface area contributed by atoms with Crippen molar-refractivity contribution in [3.05, 3.63) is 71.8 Å². The molecule has 3 N–H and O–H groups in total. The van der Waals surface area contributed by atoms with Gasteiger partial charge in [-0.3, -0.25) is 21.2 Å². The van der Waals surface area contributed by atoms with Crippen LogP contribution in [0.25, 0.3) is 10.8 Å². The van der Waals surface area contributed by atoms with E-state index in [1.807, 2.05) is 6.92 Å². The molecule has 106 valence electrons. The van der Waals surface area contributed by atoms with Crippen LogP contribution in [-0.2, 0) is 6.42 Å². The van der Waals surface area contributed by atoms with Gasteiger partial charge in [0.25, 0.3) is 0 Å². The number of nitrogens with two attached hydrogens (primary N) is 1. The lowest BCUT2D eigenvalue weighted by Gasteiger charge is -2.16. The van der Waals surface area contributed by atoms with Crippen LogP contribution in [0.3, 0.4) is 0 Å². The van der Waals surface area contributed by atoms with E-state index in [0.29, 0.717) is 0 Å². The largest absolute Gasteiger partial charge is 0.271 e. The molecule has 0 saturated carbocycles. The van der Waals surface area contributed by atoms with Crippen molar-refractivity contribution in [2.75, 3.05) is 0 Å². The Balaban J connectivity index is 1.94. The van der Waals surface area contributed by atoms with Crippen LogP contribution >= 0.6 is 0 Å². The standard InChI is InChI=1S/C17H18N4/c1-12-10-20-17(11-19-12)16(21-18)9-14-7-4-6-13-5-2-3-8-15(13)14/h2-8,10-11,16,21H,9,18H2,1H3. The minimum Gasteiger partial charge on any atom is -0.271 e. The van der Waals surface area contributed by atoms with Crippen molar-refractivity contribution in [3.63, 3.8) is 0 Å². The minimum atomic E-state index is -0.0519. The zero-order valence-electron chi connectivity index (χ0n) is 12.0. The zero-order valence-corrected chi connectivity index (χ0v) is 12.0. The first-order valence-corrected chi connectivity index (χ1v) is 6.99. The Bertz CT molecular complexity index is 732. The second-order valence-corrected chi connectivity index (χ2v) is 5.14. The summed E-state index contributed by atoms with van der Waals surface area (Å²) in [6.07, 6.45) is 4.32. The van der Waals surface area contributed by atoms with E-state index in [0.717, 1.165) is 17.8 Å². The quantitative estimate of drug-likeness (QED) is 0.569. The number of benzene rings is 2. The third-order valence-corrected chi connectivity index (χ3v) is 3.66. The Morgan fingerprint density at radius 3 is 2.62 bits per heavy atom. The monoisotopic (exact) mass is 278 g/mol.